The Hall–Kier alpha value is -2.66. The van der Waals surface area contributed by atoms with Gasteiger partial charge in [0, 0.05) is 17.5 Å². The predicted molar refractivity (Wildman–Crippen MR) is 110 cm³/mol. The topological polar surface area (TPSA) is 51.2 Å². The maximum Gasteiger partial charge on any atom is 0.257 e. The van der Waals surface area contributed by atoms with Gasteiger partial charge in [-0.25, -0.2) is 4.98 Å². The molecule has 0 aliphatic rings. The van der Waals surface area contributed by atoms with Gasteiger partial charge in [0.1, 0.15) is 5.75 Å². The van der Waals surface area contributed by atoms with Gasteiger partial charge in [-0.2, -0.15) is 0 Å². The lowest BCUT2D eigenvalue weighted by molar-refractivity contribution is -0.123. The van der Waals surface area contributed by atoms with Gasteiger partial charge >= 0.3 is 0 Å². The fourth-order valence-corrected chi connectivity index (χ4v) is 3.38. The first-order chi connectivity index (χ1) is 13.0. The average Bonchev–Trinajstić information content (AvgIpc) is 3.10. The molecule has 1 amide bonds. The number of nitrogens with zero attached hydrogens (tertiary/aromatic N) is 1. The van der Waals surface area contributed by atoms with Gasteiger partial charge in [0.05, 0.1) is 10.7 Å². The zero-order valence-corrected chi connectivity index (χ0v) is 16.7. The first-order valence-corrected chi connectivity index (χ1v) is 9.88. The Labute approximate surface area is 164 Å². The molecular weight excluding hydrogens is 356 g/mol. The number of aromatic nitrogens is 1. The van der Waals surface area contributed by atoms with E-state index in [0.29, 0.717) is 6.54 Å². The van der Waals surface area contributed by atoms with Crippen LogP contribution in [0.1, 0.15) is 21.7 Å². The van der Waals surface area contributed by atoms with Gasteiger partial charge < -0.3 is 10.1 Å². The number of benzene rings is 2. The molecule has 140 valence electrons. The largest absolute Gasteiger partial charge is 0.483 e. The molecule has 2 aromatic carbocycles. The molecule has 1 N–H and O–H groups in total. The van der Waals surface area contributed by atoms with E-state index in [1.54, 1.807) is 11.3 Å². The van der Waals surface area contributed by atoms with Crippen LogP contribution in [0.25, 0.3) is 11.3 Å². The monoisotopic (exact) mass is 380 g/mol. The first-order valence-electron chi connectivity index (χ1n) is 9.00. The normalized spacial score (nSPS) is 10.6. The van der Waals surface area contributed by atoms with E-state index in [1.165, 1.54) is 5.56 Å². The molecular formula is C22H24N2O2S. The smallest absolute Gasteiger partial charge is 0.257 e. The van der Waals surface area contributed by atoms with Crippen LogP contribution in [0.4, 0.5) is 0 Å². The average molecular weight is 381 g/mol. The van der Waals surface area contributed by atoms with Crippen LogP contribution in [0.15, 0.2) is 47.8 Å². The number of nitrogens with one attached hydrogen (secondary N) is 1. The first kappa shape index (κ1) is 19.1. The summed E-state index contributed by atoms with van der Waals surface area (Å²) in [5, 5.41) is 6.05. The van der Waals surface area contributed by atoms with E-state index in [9.17, 15) is 4.79 Å². The van der Waals surface area contributed by atoms with Crippen molar-refractivity contribution >= 4 is 17.2 Å². The highest BCUT2D eigenvalue weighted by Crippen LogP contribution is 2.22. The van der Waals surface area contributed by atoms with Crippen LogP contribution in [0.2, 0.25) is 0 Å². The van der Waals surface area contributed by atoms with Gasteiger partial charge in [-0.15, -0.1) is 11.3 Å². The number of carbonyl (C=O) groups is 1. The lowest BCUT2D eigenvalue weighted by Gasteiger charge is -2.11. The Morgan fingerprint density at radius 1 is 1.11 bits per heavy atom. The summed E-state index contributed by atoms with van der Waals surface area (Å²) in [7, 11) is 0. The van der Waals surface area contributed by atoms with Crippen molar-refractivity contribution in [2.75, 3.05) is 13.2 Å². The lowest BCUT2D eigenvalue weighted by Crippen LogP contribution is -2.30. The number of thiazole rings is 1. The second-order valence-electron chi connectivity index (χ2n) is 6.54. The molecule has 1 heterocycles. The molecule has 0 atom stereocenters. The van der Waals surface area contributed by atoms with E-state index >= 15 is 0 Å². The molecule has 27 heavy (non-hydrogen) atoms. The molecule has 0 unspecified atom stereocenters. The third-order valence-corrected chi connectivity index (χ3v) is 5.29. The summed E-state index contributed by atoms with van der Waals surface area (Å²) >= 11 is 1.65. The Morgan fingerprint density at radius 3 is 2.59 bits per heavy atom. The van der Waals surface area contributed by atoms with Crippen molar-refractivity contribution in [3.05, 3.63) is 69.5 Å². The van der Waals surface area contributed by atoms with Crippen molar-refractivity contribution in [1.29, 1.82) is 0 Å². The molecule has 4 nitrogen and oxygen atoms in total. The fraction of sp³-hybridized carbons (Fsp3) is 0.273. The van der Waals surface area contributed by atoms with Crippen molar-refractivity contribution in [2.24, 2.45) is 0 Å². The summed E-state index contributed by atoms with van der Waals surface area (Å²) in [6.45, 7) is 6.66. The summed E-state index contributed by atoms with van der Waals surface area (Å²) in [5.74, 6) is 0.656. The van der Waals surface area contributed by atoms with E-state index in [-0.39, 0.29) is 12.5 Å². The maximum atomic E-state index is 12.0. The van der Waals surface area contributed by atoms with Crippen molar-refractivity contribution in [3.8, 4) is 17.0 Å². The standard InChI is InChI=1S/C22H24N2O2S/c1-15-5-4-6-21(16(15)2)26-13-22(25)23-12-11-18-7-9-19(10-8-18)20-14-27-17(3)24-20/h4-10,14H,11-13H2,1-3H3,(H,23,25). The molecule has 0 saturated heterocycles. The van der Waals surface area contributed by atoms with Gasteiger partial charge in [0.25, 0.3) is 5.91 Å². The highest BCUT2D eigenvalue weighted by molar-refractivity contribution is 7.09. The number of hydrogen-bond acceptors (Lipinski definition) is 4. The van der Waals surface area contributed by atoms with Crippen LogP contribution >= 0.6 is 11.3 Å². The van der Waals surface area contributed by atoms with Gasteiger partial charge in [-0.1, -0.05) is 36.4 Å². The molecule has 5 heteroatoms. The zero-order valence-electron chi connectivity index (χ0n) is 15.9. The van der Waals surface area contributed by atoms with Crippen molar-refractivity contribution < 1.29 is 9.53 Å². The second-order valence-corrected chi connectivity index (χ2v) is 7.60. The minimum atomic E-state index is -0.106. The van der Waals surface area contributed by atoms with Crippen molar-refractivity contribution in [1.82, 2.24) is 10.3 Å². The molecule has 3 aromatic rings. The van der Waals surface area contributed by atoms with Gasteiger partial charge in [0.15, 0.2) is 6.61 Å². The van der Waals surface area contributed by atoms with Crippen molar-refractivity contribution in [3.63, 3.8) is 0 Å². The summed E-state index contributed by atoms with van der Waals surface area (Å²) < 4.78 is 5.63. The third-order valence-electron chi connectivity index (χ3n) is 4.52. The molecule has 1 aromatic heterocycles. The Morgan fingerprint density at radius 2 is 1.89 bits per heavy atom. The second kappa shape index (κ2) is 8.82. The van der Waals surface area contributed by atoms with Crippen LogP contribution in [0.5, 0.6) is 5.75 Å². The number of ether oxygens (including phenoxy) is 1. The Bertz CT molecular complexity index is 916. The number of rotatable bonds is 7. The number of hydrogen-bond donors (Lipinski definition) is 1. The Kier molecular flexibility index (Phi) is 6.24. The van der Waals surface area contributed by atoms with E-state index < -0.39 is 0 Å². The van der Waals surface area contributed by atoms with Gasteiger partial charge in [-0.3, -0.25) is 4.79 Å². The molecule has 3 rings (SSSR count). The van der Waals surface area contributed by atoms with Gasteiger partial charge in [0.2, 0.25) is 0 Å². The van der Waals surface area contributed by atoms with E-state index in [0.717, 1.165) is 39.6 Å². The van der Waals surface area contributed by atoms with E-state index in [1.807, 2.05) is 39.0 Å². The third kappa shape index (κ3) is 5.17. The molecule has 0 aliphatic carbocycles. The summed E-state index contributed by atoms with van der Waals surface area (Å²) in [6.07, 6.45) is 0.783. The SMILES string of the molecule is Cc1nc(-c2ccc(CCNC(=O)COc3cccc(C)c3C)cc2)cs1. The predicted octanol–water partition coefficient (Wildman–Crippen LogP) is 4.47. The summed E-state index contributed by atoms with van der Waals surface area (Å²) in [5.41, 5.74) is 5.54. The maximum absolute atomic E-state index is 12.0. The fourth-order valence-electron chi connectivity index (χ4n) is 2.76. The highest BCUT2D eigenvalue weighted by Gasteiger charge is 2.06. The zero-order chi connectivity index (χ0) is 19.2. The quantitative estimate of drug-likeness (QED) is 0.658. The molecule has 0 aliphatic heterocycles. The van der Waals surface area contributed by atoms with Crippen LogP contribution in [0, 0.1) is 20.8 Å². The minimum Gasteiger partial charge on any atom is -0.483 e. The summed E-state index contributed by atoms with van der Waals surface area (Å²) in [6, 6.07) is 14.2. The Balaban J connectivity index is 1.44. The molecule has 0 radical (unpaired) electrons. The molecule has 0 spiro atoms. The summed E-state index contributed by atoms with van der Waals surface area (Å²) in [4.78, 5) is 16.5. The highest BCUT2D eigenvalue weighted by atomic mass is 32.1. The van der Waals surface area contributed by atoms with E-state index in [2.05, 4.69) is 39.9 Å². The van der Waals surface area contributed by atoms with Crippen molar-refractivity contribution in [2.45, 2.75) is 27.2 Å². The van der Waals surface area contributed by atoms with Crippen LogP contribution in [-0.4, -0.2) is 24.0 Å². The van der Waals surface area contributed by atoms with Gasteiger partial charge in [-0.05, 0) is 49.9 Å². The van der Waals surface area contributed by atoms with E-state index in [4.69, 9.17) is 4.74 Å². The number of carbonyl (C=O) groups excluding carboxylic acids is 1. The number of amides is 1. The minimum absolute atomic E-state index is 0.0341. The molecule has 0 saturated carbocycles. The molecule has 0 bridgehead atoms. The van der Waals surface area contributed by atoms with Crippen LogP contribution in [0.3, 0.4) is 0 Å². The van der Waals surface area contributed by atoms with Crippen LogP contribution in [-0.2, 0) is 11.2 Å². The van der Waals surface area contributed by atoms with Crippen LogP contribution < -0.4 is 10.1 Å². The number of aryl methyl sites for hydroxylation is 2. The molecule has 0 fully saturated rings. The lowest BCUT2D eigenvalue weighted by atomic mass is 10.1.